The van der Waals surface area contributed by atoms with Gasteiger partial charge in [0.2, 0.25) is 0 Å². The Hall–Kier alpha value is -1.38. The van der Waals surface area contributed by atoms with Gasteiger partial charge in [-0.05, 0) is 25.0 Å². The first-order valence-electron chi connectivity index (χ1n) is 5.05. The van der Waals surface area contributed by atoms with Crippen molar-refractivity contribution in [2.75, 3.05) is 14.2 Å². The molecule has 0 heterocycles. The van der Waals surface area contributed by atoms with Crippen LogP contribution in [-0.2, 0) is 9.47 Å². The molecule has 0 unspecified atom stereocenters. The van der Waals surface area contributed by atoms with Gasteiger partial charge < -0.3 is 14.6 Å². The highest BCUT2D eigenvalue weighted by Crippen LogP contribution is 2.15. The van der Waals surface area contributed by atoms with Crippen LogP contribution in [0, 0.1) is 0 Å². The van der Waals surface area contributed by atoms with Gasteiger partial charge in [-0.3, -0.25) is 0 Å². The molecule has 0 saturated heterocycles. The van der Waals surface area contributed by atoms with Crippen LogP contribution in [0.15, 0.2) is 36.0 Å². The number of aliphatic hydroxyl groups is 1. The standard InChI is InChI=1S/C12H20O3/c1-5-7-8-9-11(15-4)12(13)10(6-2)14-3/h6,9,13H,2,5,7-8H2,1,3-4H3/b11-9+,12-10-. The minimum Gasteiger partial charge on any atom is -0.502 e. The molecule has 0 aliphatic carbocycles. The lowest BCUT2D eigenvalue weighted by Crippen LogP contribution is -1.98. The van der Waals surface area contributed by atoms with Crippen molar-refractivity contribution in [3.63, 3.8) is 0 Å². The number of aliphatic hydroxyl groups excluding tert-OH is 1. The van der Waals surface area contributed by atoms with Crippen molar-refractivity contribution in [3.05, 3.63) is 36.0 Å². The molecule has 0 saturated carbocycles. The van der Waals surface area contributed by atoms with Gasteiger partial charge in [0, 0.05) is 0 Å². The average Bonchev–Trinajstić information content (AvgIpc) is 2.26. The maximum absolute atomic E-state index is 9.76. The highest BCUT2D eigenvalue weighted by Gasteiger charge is 2.08. The monoisotopic (exact) mass is 212 g/mol. The zero-order valence-corrected chi connectivity index (χ0v) is 9.75. The number of hydrogen-bond donors (Lipinski definition) is 1. The lowest BCUT2D eigenvalue weighted by molar-refractivity contribution is 0.222. The number of hydrogen-bond acceptors (Lipinski definition) is 3. The first-order valence-corrected chi connectivity index (χ1v) is 5.05. The molecule has 0 bridgehead atoms. The molecule has 0 aliphatic heterocycles. The van der Waals surface area contributed by atoms with Crippen LogP contribution >= 0.6 is 0 Å². The molecule has 0 spiro atoms. The first kappa shape index (κ1) is 13.6. The Bertz CT molecular complexity index is 252. The fourth-order valence-corrected chi connectivity index (χ4v) is 1.11. The van der Waals surface area contributed by atoms with Crippen molar-refractivity contribution in [2.45, 2.75) is 26.2 Å². The molecule has 0 aromatic rings. The van der Waals surface area contributed by atoms with E-state index in [1.807, 2.05) is 6.08 Å². The van der Waals surface area contributed by atoms with E-state index in [4.69, 9.17) is 9.47 Å². The Labute approximate surface area is 91.7 Å². The predicted molar refractivity (Wildman–Crippen MR) is 61.5 cm³/mol. The molecule has 0 aromatic carbocycles. The largest absolute Gasteiger partial charge is 0.502 e. The molecule has 0 atom stereocenters. The van der Waals surface area contributed by atoms with Crippen molar-refractivity contribution in [1.82, 2.24) is 0 Å². The van der Waals surface area contributed by atoms with Crippen molar-refractivity contribution in [2.24, 2.45) is 0 Å². The zero-order valence-electron chi connectivity index (χ0n) is 9.75. The van der Waals surface area contributed by atoms with E-state index < -0.39 is 0 Å². The molecule has 0 fully saturated rings. The Morgan fingerprint density at radius 2 is 2.00 bits per heavy atom. The van der Waals surface area contributed by atoms with E-state index in [9.17, 15) is 5.11 Å². The van der Waals surface area contributed by atoms with Crippen LogP contribution in [0.25, 0.3) is 0 Å². The van der Waals surface area contributed by atoms with E-state index in [2.05, 4.69) is 13.5 Å². The fourth-order valence-electron chi connectivity index (χ4n) is 1.11. The minimum absolute atomic E-state index is 0.00824. The maximum atomic E-state index is 9.76. The molecule has 0 amide bonds. The summed E-state index contributed by atoms with van der Waals surface area (Å²) >= 11 is 0. The summed E-state index contributed by atoms with van der Waals surface area (Å²) in [7, 11) is 3.00. The van der Waals surface area contributed by atoms with Gasteiger partial charge in [-0.15, -0.1) is 0 Å². The summed E-state index contributed by atoms with van der Waals surface area (Å²) in [6.45, 7) is 5.65. The number of ether oxygens (including phenoxy) is 2. The number of unbranched alkanes of at least 4 members (excludes halogenated alkanes) is 2. The molecule has 0 radical (unpaired) electrons. The van der Waals surface area contributed by atoms with Gasteiger partial charge in [0.15, 0.2) is 17.3 Å². The molecular weight excluding hydrogens is 192 g/mol. The van der Waals surface area contributed by atoms with E-state index in [1.54, 1.807) is 0 Å². The summed E-state index contributed by atoms with van der Waals surface area (Å²) in [6.07, 6.45) is 6.34. The number of allylic oxidation sites excluding steroid dienone is 2. The van der Waals surface area contributed by atoms with Crippen molar-refractivity contribution < 1.29 is 14.6 Å². The quantitative estimate of drug-likeness (QED) is 0.400. The van der Waals surface area contributed by atoms with Crippen molar-refractivity contribution in [1.29, 1.82) is 0 Å². The van der Waals surface area contributed by atoms with Gasteiger partial charge in [-0.25, -0.2) is 0 Å². The second kappa shape index (κ2) is 7.97. The smallest absolute Gasteiger partial charge is 0.200 e. The van der Waals surface area contributed by atoms with E-state index in [0.717, 1.165) is 19.3 Å². The highest BCUT2D eigenvalue weighted by molar-refractivity contribution is 5.27. The van der Waals surface area contributed by atoms with E-state index in [1.165, 1.54) is 20.3 Å². The third kappa shape index (κ3) is 4.58. The summed E-state index contributed by atoms with van der Waals surface area (Å²) in [4.78, 5) is 0. The topological polar surface area (TPSA) is 38.7 Å². The van der Waals surface area contributed by atoms with Crippen LogP contribution in [-0.4, -0.2) is 19.3 Å². The van der Waals surface area contributed by atoms with Gasteiger partial charge in [0.1, 0.15) is 0 Å². The van der Waals surface area contributed by atoms with E-state index in [-0.39, 0.29) is 5.76 Å². The Morgan fingerprint density at radius 1 is 1.33 bits per heavy atom. The van der Waals surface area contributed by atoms with Gasteiger partial charge in [-0.2, -0.15) is 0 Å². The van der Waals surface area contributed by atoms with Crippen LogP contribution < -0.4 is 0 Å². The molecule has 3 nitrogen and oxygen atoms in total. The van der Waals surface area contributed by atoms with E-state index in [0.29, 0.717) is 11.5 Å². The normalized spacial score (nSPS) is 13.1. The molecule has 0 rings (SSSR count). The van der Waals surface area contributed by atoms with Crippen LogP contribution in [0.3, 0.4) is 0 Å². The third-order valence-corrected chi connectivity index (χ3v) is 1.98. The Morgan fingerprint density at radius 3 is 2.40 bits per heavy atom. The van der Waals surface area contributed by atoms with Crippen LogP contribution in [0.5, 0.6) is 0 Å². The fraction of sp³-hybridized carbons (Fsp3) is 0.500. The van der Waals surface area contributed by atoms with Crippen molar-refractivity contribution in [3.8, 4) is 0 Å². The van der Waals surface area contributed by atoms with Gasteiger partial charge >= 0.3 is 0 Å². The third-order valence-electron chi connectivity index (χ3n) is 1.98. The summed E-state index contributed by atoms with van der Waals surface area (Å²) in [5.74, 6) is 0.742. The average molecular weight is 212 g/mol. The van der Waals surface area contributed by atoms with Crippen LogP contribution in [0.4, 0.5) is 0 Å². The predicted octanol–water partition coefficient (Wildman–Crippen LogP) is 3.31. The second-order valence-electron chi connectivity index (χ2n) is 3.04. The lowest BCUT2D eigenvalue weighted by atomic mass is 10.2. The van der Waals surface area contributed by atoms with Crippen LogP contribution in [0.2, 0.25) is 0 Å². The highest BCUT2D eigenvalue weighted by atomic mass is 16.5. The Balaban J connectivity index is 4.71. The number of rotatable bonds is 7. The van der Waals surface area contributed by atoms with E-state index >= 15 is 0 Å². The molecule has 3 heteroatoms. The molecule has 0 aliphatic rings. The minimum atomic E-state index is -0.00824. The summed E-state index contributed by atoms with van der Waals surface area (Å²) < 4.78 is 10.0. The van der Waals surface area contributed by atoms with Gasteiger partial charge in [0.05, 0.1) is 14.2 Å². The SMILES string of the molecule is C=C/C(OC)=C(O)\C(=C/CCCC)OC. The first-order chi connectivity index (χ1) is 7.21. The summed E-state index contributed by atoms with van der Waals surface area (Å²) in [5, 5.41) is 9.76. The summed E-state index contributed by atoms with van der Waals surface area (Å²) in [6, 6.07) is 0. The molecule has 15 heavy (non-hydrogen) atoms. The molecule has 1 N–H and O–H groups in total. The second-order valence-corrected chi connectivity index (χ2v) is 3.04. The van der Waals surface area contributed by atoms with Crippen molar-refractivity contribution >= 4 is 0 Å². The lowest BCUT2D eigenvalue weighted by Gasteiger charge is -2.08. The molecule has 86 valence electrons. The maximum Gasteiger partial charge on any atom is 0.200 e. The molecule has 0 aromatic heterocycles. The number of methoxy groups -OCH3 is 2. The van der Waals surface area contributed by atoms with Gasteiger partial charge in [0.25, 0.3) is 0 Å². The zero-order chi connectivity index (χ0) is 11.7. The van der Waals surface area contributed by atoms with Crippen LogP contribution in [0.1, 0.15) is 26.2 Å². The molecular formula is C12H20O3. The van der Waals surface area contributed by atoms with Gasteiger partial charge in [-0.1, -0.05) is 19.9 Å². The summed E-state index contributed by atoms with van der Waals surface area (Å²) in [5.41, 5.74) is 0. The Kier molecular flexibility index (Phi) is 7.24.